The SMILES string of the molecule is CO[C@@]1(C(C)C)C[C@H](O)[C@@H](NC(C)=O)[C@H]([C@H](O)[C@H](O)CO)O1. The number of methoxy groups -OCH3 is 1. The molecule has 1 fully saturated rings. The summed E-state index contributed by atoms with van der Waals surface area (Å²) in [5.41, 5.74) is 0. The van der Waals surface area contributed by atoms with Crippen molar-refractivity contribution < 1.29 is 34.7 Å². The van der Waals surface area contributed by atoms with Gasteiger partial charge in [0.05, 0.1) is 18.8 Å². The molecule has 1 heterocycles. The predicted octanol–water partition coefficient (Wildman–Crippen LogP) is -1.65. The maximum Gasteiger partial charge on any atom is 0.217 e. The summed E-state index contributed by atoms with van der Waals surface area (Å²) < 4.78 is 11.2. The molecule has 130 valence electrons. The van der Waals surface area contributed by atoms with Gasteiger partial charge in [0.25, 0.3) is 0 Å². The Balaban J connectivity index is 3.12. The van der Waals surface area contributed by atoms with E-state index in [0.29, 0.717) is 0 Å². The van der Waals surface area contributed by atoms with Crippen molar-refractivity contribution in [3.8, 4) is 0 Å². The number of nitrogens with one attached hydrogen (secondary N) is 1. The van der Waals surface area contributed by atoms with Gasteiger partial charge in [0.1, 0.15) is 18.3 Å². The molecule has 8 heteroatoms. The maximum atomic E-state index is 11.3. The molecule has 22 heavy (non-hydrogen) atoms. The lowest BCUT2D eigenvalue weighted by Crippen LogP contribution is -2.67. The number of aliphatic hydroxyl groups excluding tert-OH is 4. The monoisotopic (exact) mass is 321 g/mol. The predicted molar refractivity (Wildman–Crippen MR) is 76.8 cm³/mol. The van der Waals surface area contributed by atoms with Crippen molar-refractivity contribution >= 4 is 5.91 Å². The van der Waals surface area contributed by atoms with Gasteiger partial charge in [0, 0.05) is 26.4 Å². The zero-order valence-electron chi connectivity index (χ0n) is 13.4. The van der Waals surface area contributed by atoms with Crippen LogP contribution in [0.25, 0.3) is 0 Å². The van der Waals surface area contributed by atoms with Gasteiger partial charge in [0.2, 0.25) is 5.91 Å². The fraction of sp³-hybridized carbons (Fsp3) is 0.929. The van der Waals surface area contributed by atoms with Crippen molar-refractivity contribution in [1.82, 2.24) is 5.32 Å². The summed E-state index contributed by atoms with van der Waals surface area (Å²) in [5, 5.41) is 41.8. The van der Waals surface area contributed by atoms with E-state index in [1.54, 1.807) is 0 Å². The molecule has 1 aliphatic heterocycles. The molecule has 1 rings (SSSR count). The molecule has 1 saturated heterocycles. The highest BCUT2D eigenvalue weighted by molar-refractivity contribution is 5.73. The lowest BCUT2D eigenvalue weighted by atomic mass is 9.84. The Labute approximate surface area is 130 Å². The van der Waals surface area contributed by atoms with E-state index in [9.17, 15) is 20.1 Å². The van der Waals surface area contributed by atoms with Crippen LogP contribution < -0.4 is 5.32 Å². The first-order chi connectivity index (χ1) is 10.2. The first-order valence-corrected chi connectivity index (χ1v) is 7.33. The Bertz CT molecular complexity index is 378. The third-order valence-electron chi connectivity index (χ3n) is 4.11. The molecule has 0 aromatic carbocycles. The van der Waals surface area contributed by atoms with Crippen LogP contribution in [0.4, 0.5) is 0 Å². The van der Waals surface area contributed by atoms with E-state index >= 15 is 0 Å². The largest absolute Gasteiger partial charge is 0.394 e. The summed E-state index contributed by atoms with van der Waals surface area (Å²) in [7, 11) is 1.43. The van der Waals surface area contributed by atoms with Crippen LogP contribution in [-0.2, 0) is 14.3 Å². The van der Waals surface area contributed by atoms with E-state index in [0.717, 1.165) is 0 Å². The second kappa shape index (κ2) is 7.67. The van der Waals surface area contributed by atoms with Crippen LogP contribution >= 0.6 is 0 Å². The number of carbonyl (C=O) groups excluding carboxylic acids is 1. The van der Waals surface area contributed by atoms with Crippen molar-refractivity contribution in [2.24, 2.45) is 5.92 Å². The third-order valence-corrected chi connectivity index (χ3v) is 4.11. The van der Waals surface area contributed by atoms with Gasteiger partial charge >= 0.3 is 0 Å². The van der Waals surface area contributed by atoms with E-state index in [1.165, 1.54) is 14.0 Å². The number of rotatable bonds is 6. The number of aliphatic hydroxyl groups is 4. The second-order valence-electron chi connectivity index (χ2n) is 5.99. The molecule has 0 aromatic heterocycles. The molecular formula is C14H27NO7. The summed E-state index contributed by atoms with van der Waals surface area (Å²) >= 11 is 0. The number of hydrogen-bond acceptors (Lipinski definition) is 7. The van der Waals surface area contributed by atoms with Crippen molar-refractivity contribution in [2.75, 3.05) is 13.7 Å². The van der Waals surface area contributed by atoms with Crippen molar-refractivity contribution in [1.29, 1.82) is 0 Å². The molecule has 0 spiro atoms. The van der Waals surface area contributed by atoms with Gasteiger partial charge in [-0.15, -0.1) is 0 Å². The molecule has 0 unspecified atom stereocenters. The quantitative estimate of drug-likeness (QED) is 0.396. The van der Waals surface area contributed by atoms with Gasteiger partial charge in [-0.25, -0.2) is 0 Å². The second-order valence-corrected chi connectivity index (χ2v) is 5.99. The summed E-state index contributed by atoms with van der Waals surface area (Å²) in [5.74, 6) is -1.71. The van der Waals surface area contributed by atoms with E-state index in [1.807, 2.05) is 13.8 Å². The van der Waals surface area contributed by atoms with Crippen molar-refractivity contribution in [3.63, 3.8) is 0 Å². The topological polar surface area (TPSA) is 128 Å². The fourth-order valence-corrected chi connectivity index (χ4v) is 2.75. The average Bonchev–Trinajstić information content (AvgIpc) is 2.46. The highest BCUT2D eigenvalue weighted by atomic mass is 16.7. The third kappa shape index (κ3) is 3.95. The Morgan fingerprint density at radius 3 is 2.45 bits per heavy atom. The first kappa shape index (κ1) is 19.3. The fourth-order valence-electron chi connectivity index (χ4n) is 2.75. The first-order valence-electron chi connectivity index (χ1n) is 7.33. The molecule has 5 N–H and O–H groups in total. The molecule has 0 saturated carbocycles. The molecule has 0 bridgehead atoms. The molecule has 0 aliphatic carbocycles. The molecular weight excluding hydrogens is 294 g/mol. The summed E-state index contributed by atoms with van der Waals surface area (Å²) in [6.45, 7) is 4.27. The number of carbonyl (C=O) groups is 1. The van der Waals surface area contributed by atoms with Gasteiger partial charge in [-0.2, -0.15) is 0 Å². The Morgan fingerprint density at radius 2 is 2.05 bits per heavy atom. The zero-order valence-corrected chi connectivity index (χ0v) is 13.4. The lowest BCUT2D eigenvalue weighted by molar-refractivity contribution is -0.328. The van der Waals surface area contributed by atoms with E-state index in [2.05, 4.69) is 5.32 Å². The van der Waals surface area contributed by atoms with Crippen LogP contribution in [0, 0.1) is 5.92 Å². The highest BCUT2D eigenvalue weighted by Crippen LogP contribution is 2.37. The number of hydrogen-bond donors (Lipinski definition) is 5. The zero-order chi connectivity index (χ0) is 17.1. The van der Waals surface area contributed by atoms with Gasteiger partial charge in [-0.3, -0.25) is 4.79 Å². The van der Waals surface area contributed by atoms with E-state index in [-0.39, 0.29) is 12.3 Å². The minimum atomic E-state index is -1.50. The Hall–Kier alpha value is -0.770. The molecule has 1 amide bonds. The summed E-state index contributed by atoms with van der Waals surface area (Å²) in [6, 6.07) is -0.921. The van der Waals surface area contributed by atoms with Crippen LogP contribution in [0.1, 0.15) is 27.2 Å². The molecule has 0 radical (unpaired) electrons. The summed E-state index contributed by atoms with van der Waals surface area (Å²) in [4.78, 5) is 11.3. The smallest absolute Gasteiger partial charge is 0.217 e. The van der Waals surface area contributed by atoms with Crippen LogP contribution in [0.15, 0.2) is 0 Å². The summed E-state index contributed by atoms with van der Waals surface area (Å²) in [6.07, 6.45) is -5.02. The van der Waals surface area contributed by atoms with Gasteiger partial charge in [-0.1, -0.05) is 13.8 Å². The van der Waals surface area contributed by atoms with Crippen LogP contribution in [0.2, 0.25) is 0 Å². The van der Waals surface area contributed by atoms with Crippen LogP contribution in [-0.4, -0.2) is 76.3 Å². The van der Waals surface area contributed by atoms with Gasteiger partial charge in [0.15, 0.2) is 5.79 Å². The molecule has 6 atom stereocenters. The molecule has 8 nitrogen and oxygen atoms in total. The minimum absolute atomic E-state index is 0.102. The molecule has 0 aromatic rings. The van der Waals surface area contributed by atoms with Gasteiger partial charge < -0.3 is 35.2 Å². The minimum Gasteiger partial charge on any atom is -0.394 e. The Kier molecular flexibility index (Phi) is 6.72. The van der Waals surface area contributed by atoms with Crippen molar-refractivity contribution in [2.45, 2.75) is 63.4 Å². The highest BCUT2D eigenvalue weighted by Gasteiger charge is 2.52. The van der Waals surface area contributed by atoms with Crippen LogP contribution in [0.5, 0.6) is 0 Å². The van der Waals surface area contributed by atoms with Crippen molar-refractivity contribution in [3.05, 3.63) is 0 Å². The Morgan fingerprint density at radius 1 is 1.45 bits per heavy atom. The number of ether oxygens (including phenoxy) is 2. The van der Waals surface area contributed by atoms with Gasteiger partial charge in [-0.05, 0) is 0 Å². The normalized spacial score (nSPS) is 35.2. The number of amides is 1. The average molecular weight is 321 g/mol. The van der Waals surface area contributed by atoms with Crippen LogP contribution in [0.3, 0.4) is 0 Å². The lowest BCUT2D eigenvalue weighted by Gasteiger charge is -2.49. The van der Waals surface area contributed by atoms with E-state index in [4.69, 9.17) is 14.6 Å². The maximum absolute atomic E-state index is 11.3. The standard InChI is InChI=1S/C14H27NO7/c1-7(2)14(21-4)5-9(18)11(15-8(3)17)13(22-14)12(20)10(19)6-16/h7,9-13,16,18-20H,5-6H2,1-4H3,(H,15,17)/t9-,10+,11+,12+,13+,14-/m0/s1. The molecule has 1 aliphatic rings. The van der Waals surface area contributed by atoms with E-state index < -0.39 is 48.8 Å².